The van der Waals surface area contributed by atoms with Gasteiger partial charge >= 0.3 is 0 Å². The van der Waals surface area contributed by atoms with Crippen LogP contribution in [0.15, 0.2) is 24.3 Å². The lowest BCUT2D eigenvalue weighted by Crippen LogP contribution is -2.38. The fourth-order valence-corrected chi connectivity index (χ4v) is 2.33. The minimum atomic E-state index is 0.755. The van der Waals surface area contributed by atoms with E-state index in [1.165, 1.54) is 12.0 Å². The summed E-state index contributed by atoms with van der Waals surface area (Å²) in [5.74, 6) is 1.74. The summed E-state index contributed by atoms with van der Waals surface area (Å²) in [6, 6.07) is 8.56. The maximum absolute atomic E-state index is 5.81. The van der Waals surface area contributed by atoms with Crippen molar-refractivity contribution in [2.24, 2.45) is 5.92 Å². The molecule has 0 unspecified atom stereocenters. The van der Waals surface area contributed by atoms with Gasteiger partial charge in [0, 0.05) is 19.6 Å². The molecule has 0 atom stereocenters. The minimum Gasteiger partial charge on any atom is -0.492 e. The molecule has 0 N–H and O–H groups in total. The second-order valence-electron chi connectivity index (χ2n) is 5.88. The van der Waals surface area contributed by atoms with Crippen molar-refractivity contribution in [1.82, 2.24) is 4.90 Å². The number of rotatable bonds is 7. The first kappa shape index (κ1) is 15.3. The first-order valence-corrected chi connectivity index (χ1v) is 7.76. The molecule has 0 radical (unpaired) electrons. The SMILES string of the molecule is CC(C)CCc1ccc(OCCN2CCOCC2)cc1. The molecule has 0 bridgehead atoms. The van der Waals surface area contributed by atoms with Crippen molar-refractivity contribution < 1.29 is 9.47 Å². The molecule has 112 valence electrons. The predicted octanol–water partition coefficient (Wildman–Crippen LogP) is 2.99. The van der Waals surface area contributed by atoms with E-state index < -0.39 is 0 Å². The monoisotopic (exact) mass is 277 g/mol. The van der Waals surface area contributed by atoms with Crippen LogP contribution in [0, 0.1) is 5.92 Å². The molecule has 2 rings (SSSR count). The molecule has 1 heterocycles. The first-order chi connectivity index (χ1) is 9.74. The van der Waals surface area contributed by atoms with Gasteiger partial charge in [0.25, 0.3) is 0 Å². The number of hydrogen-bond acceptors (Lipinski definition) is 3. The lowest BCUT2D eigenvalue weighted by Gasteiger charge is -2.26. The molecule has 0 saturated carbocycles. The van der Waals surface area contributed by atoms with Crippen LogP contribution >= 0.6 is 0 Å². The van der Waals surface area contributed by atoms with E-state index in [4.69, 9.17) is 9.47 Å². The molecular formula is C17H27NO2. The molecule has 0 amide bonds. The van der Waals surface area contributed by atoms with Crippen molar-refractivity contribution in [3.8, 4) is 5.75 Å². The molecular weight excluding hydrogens is 250 g/mol. The summed E-state index contributed by atoms with van der Waals surface area (Å²) in [6.07, 6.45) is 2.41. The van der Waals surface area contributed by atoms with Crippen LogP contribution in [0.3, 0.4) is 0 Å². The molecule has 1 fully saturated rings. The molecule has 20 heavy (non-hydrogen) atoms. The van der Waals surface area contributed by atoms with E-state index in [0.717, 1.165) is 57.5 Å². The van der Waals surface area contributed by atoms with Crippen LogP contribution in [0.2, 0.25) is 0 Å². The van der Waals surface area contributed by atoms with E-state index >= 15 is 0 Å². The highest BCUT2D eigenvalue weighted by Gasteiger charge is 2.09. The molecule has 3 nitrogen and oxygen atoms in total. The third kappa shape index (κ3) is 5.51. The van der Waals surface area contributed by atoms with E-state index in [9.17, 15) is 0 Å². The fourth-order valence-electron chi connectivity index (χ4n) is 2.33. The van der Waals surface area contributed by atoms with Gasteiger partial charge in [-0.05, 0) is 36.5 Å². The van der Waals surface area contributed by atoms with Crippen LogP contribution in [0.4, 0.5) is 0 Å². The Balaban J connectivity index is 1.67. The third-order valence-electron chi connectivity index (χ3n) is 3.71. The van der Waals surface area contributed by atoms with Crippen LogP contribution in [0.5, 0.6) is 5.75 Å². The summed E-state index contributed by atoms with van der Waals surface area (Å²) in [7, 11) is 0. The zero-order valence-corrected chi connectivity index (χ0v) is 12.8. The summed E-state index contributed by atoms with van der Waals surface area (Å²) in [5, 5.41) is 0. The van der Waals surface area contributed by atoms with Crippen LogP contribution in [-0.4, -0.2) is 44.4 Å². The second-order valence-corrected chi connectivity index (χ2v) is 5.88. The molecule has 0 spiro atoms. The molecule has 3 heteroatoms. The van der Waals surface area contributed by atoms with E-state index in [0.29, 0.717) is 0 Å². The Morgan fingerprint density at radius 3 is 2.50 bits per heavy atom. The van der Waals surface area contributed by atoms with Gasteiger partial charge in [0.05, 0.1) is 13.2 Å². The maximum atomic E-state index is 5.81. The summed E-state index contributed by atoms with van der Waals surface area (Å²) >= 11 is 0. The Bertz CT molecular complexity index is 369. The van der Waals surface area contributed by atoms with Gasteiger partial charge in [-0.3, -0.25) is 4.90 Å². The van der Waals surface area contributed by atoms with Crippen molar-refractivity contribution in [2.75, 3.05) is 39.5 Å². The molecule has 1 aliphatic heterocycles. The number of benzene rings is 1. The highest BCUT2D eigenvalue weighted by molar-refractivity contribution is 5.27. The molecule has 1 aromatic rings. The van der Waals surface area contributed by atoms with E-state index in [2.05, 4.69) is 43.0 Å². The first-order valence-electron chi connectivity index (χ1n) is 7.76. The highest BCUT2D eigenvalue weighted by Crippen LogP contribution is 2.15. The summed E-state index contributed by atoms with van der Waals surface area (Å²) in [6.45, 7) is 10.0. The molecule has 1 aliphatic rings. The standard InChI is InChI=1S/C17H27NO2/c1-15(2)3-4-16-5-7-17(8-6-16)20-14-11-18-9-12-19-13-10-18/h5-8,15H,3-4,9-14H2,1-2H3. The lowest BCUT2D eigenvalue weighted by atomic mass is 10.0. The number of nitrogens with zero attached hydrogens (tertiary/aromatic N) is 1. The lowest BCUT2D eigenvalue weighted by molar-refractivity contribution is 0.0322. The normalized spacial score (nSPS) is 16.6. The number of aryl methyl sites for hydroxylation is 1. The zero-order chi connectivity index (χ0) is 14.2. The van der Waals surface area contributed by atoms with Gasteiger partial charge in [-0.15, -0.1) is 0 Å². The molecule has 1 aromatic carbocycles. The van der Waals surface area contributed by atoms with Crippen LogP contribution in [0.1, 0.15) is 25.8 Å². The molecule has 0 aliphatic carbocycles. The number of ether oxygens (including phenoxy) is 2. The zero-order valence-electron chi connectivity index (χ0n) is 12.8. The smallest absolute Gasteiger partial charge is 0.119 e. The van der Waals surface area contributed by atoms with Gasteiger partial charge in [-0.1, -0.05) is 26.0 Å². The largest absolute Gasteiger partial charge is 0.492 e. The van der Waals surface area contributed by atoms with E-state index in [1.807, 2.05) is 0 Å². The third-order valence-corrected chi connectivity index (χ3v) is 3.71. The number of morpholine rings is 1. The second kappa shape index (κ2) is 8.28. The maximum Gasteiger partial charge on any atom is 0.119 e. The molecule has 0 aromatic heterocycles. The average molecular weight is 277 g/mol. The van der Waals surface area contributed by atoms with Gasteiger partial charge in [0.2, 0.25) is 0 Å². The quantitative estimate of drug-likeness (QED) is 0.765. The Morgan fingerprint density at radius 2 is 1.85 bits per heavy atom. The fraction of sp³-hybridized carbons (Fsp3) is 0.647. The van der Waals surface area contributed by atoms with Gasteiger partial charge in [0.1, 0.15) is 12.4 Å². The van der Waals surface area contributed by atoms with E-state index in [1.54, 1.807) is 0 Å². The van der Waals surface area contributed by atoms with Crippen molar-refractivity contribution in [2.45, 2.75) is 26.7 Å². The summed E-state index contributed by atoms with van der Waals surface area (Å²) in [4.78, 5) is 2.39. The van der Waals surface area contributed by atoms with Crippen molar-refractivity contribution in [3.63, 3.8) is 0 Å². The van der Waals surface area contributed by atoms with Gasteiger partial charge in [0.15, 0.2) is 0 Å². The van der Waals surface area contributed by atoms with Gasteiger partial charge in [-0.2, -0.15) is 0 Å². The van der Waals surface area contributed by atoms with Crippen LogP contribution in [0.25, 0.3) is 0 Å². The Kier molecular flexibility index (Phi) is 6.34. The Hall–Kier alpha value is -1.06. The predicted molar refractivity (Wildman–Crippen MR) is 82.4 cm³/mol. The summed E-state index contributed by atoms with van der Waals surface area (Å²) < 4.78 is 11.1. The minimum absolute atomic E-state index is 0.755. The van der Waals surface area contributed by atoms with Crippen LogP contribution < -0.4 is 4.74 Å². The van der Waals surface area contributed by atoms with E-state index in [-0.39, 0.29) is 0 Å². The van der Waals surface area contributed by atoms with Gasteiger partial charge in [-0.25, -0.2) is 0 Å². The van der Waals surface area contributed by atoms with Gasteiger partial charge < -0.3 is 9.47 Å². The average Bonchev–Trinajstić information content (AvgIpc) is 2.47. The summed E-state index contributed by atoms with van der Waals surface area (Å²) in [5.41, 5.74) is 1.40. The van der Waals surface area contributed by atoms with Crippen molar-refractivity contribution in [1.29, 1.82) is 0 Å². The molecule has 1 saturated heterocycles. The number of hydrogen-bond donors (Lipinski definition) is 0. The topological polar surface area (TPSA) is 21.7 Å². The van der Waals surface area contributed by atoms with Crippen LogP contribution in [-0.2, 0) is 11.2 Å². The highest BCUT2D eigenvalue weighted by atomic mass is 16.5. The van der Waals surface area contributed by atoms with Crippen molar-refractivity contribution in [3.05, 3.63) is 29.8 Å². The van der Waals surface area contributed by atoms with Crippen molar-refractivity contribution >= 4 is 0 Å². The Labute approximate surface area is 122 Å². The Morgan fingerprint density at radius 1 is 1.15 bits per heavy atom.